The maximum atomic E-state index is 12.2. The highest BCUT2D eigenvalue weighted by Gasteiger charge is 2.64. The number of nitrogens with zero attached hydrogens (tertiary/aromatic N) is 1. The van der Waals surface area contributed by atoms with Crippen molar-refractivity contribution in [2.24, 2.45) is 22.4 Å². The SMILES string of the molecule is C[C@]12CCCC[C@H]1[C@@H]2C(=O)N/N=C\c1ccccc1Cl. The zero-order valence-corrected chi connectivity index (χ0v) is 12.4. The third kappa shape index (κ3) is 2.35. The highest BCUT2D eigenvalue weighted by Crippen LogP contribution is 2.66. The molecule has 2 aliphatic carbocycles. The Morgan fingerprint density at radius 2 is 2.25 bits per heavy atom. The van der Waals surface area contributed by atoms with Crippen LogP contribution in [0, 0.1) is 17.3 Å². The molecule has 3 nitrogen and oxygen atoms in total. The normalized spacial score (nSPS) is 31.9. The topological polar surface area (TPSA) is 41.5 Å². The first-order valence-electron chi connectivity index (χ1n) is 7.20. The summed E-state index contributed by atoms with van der Waals surface area (Å²) in [7, 11) is 0. The van der Waals surface area contributed by atoms with Crippen LogP contribution in [-0.4, -0.2) is 12.1 Å². The molecule has 1 aromatic rings. The molecule has 4 heteroatoms. The van der Waals surface area contributed by atoms with Crippen molar-refractivity contribution in [1.82, 2.24) is 5.43 Å². The lowest BCUT2D eigenvalue weighted by Crippen LogP contribution is -2.22. The summed E-state index contributed by atoms with van der Waals surface area (Å²) < 4.78 is 0. The van der Waals surface area contributed by atoms with Crippen molar-refractivity contribution >= 4 is 23.7 Å². The second kappa shape index (κ2) is 5.21. The van der Waals surface area contributed by atoms with Crippen molar-refractivity contribution in [3.8, 4) is 0 Å². The van der Waals surface area contributed by atoms with Crippen molar-refractivity contribution in [1.29, 1.82) is 0 Å². The predicted molar refractivity (Wildman–Crippen MR) is 80.7 cm³/mol. The number of hydrazone groups is 1. The highest BCUT2D eigenvalue weighted by molar-refractivity contribution is 6.33. The Bertz CT molecular complexity index is 557. The summed E-state index contributed by atoms with van der Waals surface area (Å²) in [5.74, 6) is 0.767. The molecule has 0 spiro atoms. The second-order valence-electron chi connectivity index (χ2n) is 6.09. The van der Waals surface area contributed by atoms with Crippen LogP contribution in [0.5, 0.6) is 0 Å². The van der Waals surface area contributed by atoms with Crippen LogP contribution in [0.4, 0.5) is 0 Å². The zero-order chi connectivity index (χ0) is 14.2. The summed E-state index contributed by atoms with van der Waals surface area (Å²) in [4.78, 5) is 12.2. The van der Waals surface area contributed by atoms with E-state index >= 15 is 0 Å². The molecule has 0 aromatic heterocycles. The predicted octanol–water partition coefficient (Wildman–Crippen LogP) is 3.62. The van der Waals surface area contributed by atoms with E-state index in [-0.39, 0.29) is 17.2 Å². The molecular weight excluding hydrogens is 272 g/mol. The average Bonchev–Trinajstić information content (AvgIpc) is 3.06. The molecule has 0 radical (unpaired) electrons. The molecule has 0 unspecified atom stereocenters. The van der Waals surface area contributed by atoms with Crippen LogP contribution in [0.15, 0.2) is 29.4 Å². The molecule has 2 fully saturated rings. The molecule has 0 bridgehead atoms. The lowest BCUT2D eigenvalue weighted by atomic mass is 9.90. The molecule has 0 heterocycles. The van der Waals surface area contributed by atoms with Gasteiger partial charge in [-0.1, -0.05) is 49.6 Å². The summed E-state index contributed by atoms with van der Waals surface area (Å²) in [6.07, 6.45) is 6.47. The minimum atomic E-state index is 0.0581. The fourth-order valence-electron chi connectivity index (χ4n) is 3.67. The molecule has 3 rings (SSSR count). The van der Waals surface area contributed by atoms with Crippen LogP contribution in [0.1, 0.15) is 38.2 Å². The van der Waals surface area contributed by atoms with Crippen molar-refractivity contribution < 1.29 is 4.79 Å². The number of benzene rings is 1. The van der Waals surface area contributed by atoms with Gasteiger partial charge in [0.25, 0.3) is 0 Å². The number of halogens is 1. The molecule has 3 atom stereocenters. The van der Waals surface area contributed by atoms with Gasteiger partial charge in [-0.05, 0) is 30.2 Å². The Kier molecular flexibility index (Phi) is 3.55. The van der Waals surface area contributed by atoms with Crippen LogP contribution in [0.3, 0.4) is 0 Å². The number of rotatable bonds is 3. The lowest BCUT2D eigenvalue weighted by Gasteiger charge is -2.15. The summed E-state index contributed by atoms with van der Waals surface area (Å²) in [5.41, 5.74) is 3.71. The molecule has 1 N–H and O–H groups in total. The van der Waals surface area contributed by atoms with Gasteiger partial charge in [-0.3, -0.25) is 4.79 Å². The standard InChI is InChI=1S/C16H19ClN2O/c1-16-9-5-4-7-12(16)14(16)15(20)19-18-10-11-6-2-3-8-13(11)17/h2-3,6,8,10,12,14H,4-5,7,9H2,1H3,(H,19,20)/b18-10-/t12-,14+,16-/m0/s1. The first-order valence-corrected chi connectivity index (χ1v) is 7.58. The Hall–Kier alpha value is -1.35. The molecule has 0 saturated heterocycles. The molecule has 2 saturated carbocycles. The van der Waals surface area contributed by atoms with E-state index in [4.69, 9.17) is 11.6 Å². The van der Waals surface area contributed by atoms with Crippen molar-refractivity contribution in [2.75, 3.05) is 0 Å². The molecular formula is C16H19ClN2O. The number of fused-ring (bicyclic) bond motifs is 1. The van der Waals surface area contributed by atoms with E-state index < -0.39 is 0 Å². The summed E-state index contributed by atoms with van der Waals surface area (Å²) in [6.45, 7) is 2.23. The number of hydrogen-bond acceptors (Lipinski definition) is 2. The lowest BCUT2D eigenvalue weighted by molar-refractivity contribution is -0.123. The van der Waals surface area contributed by atoms with Crippen molar-refractivity contribution in [3.63, 3.8) is 0 Å². The average molecular weight is 291 g/mol. The van der Waals surface area contributed by atoms with Gasteiger partial charge in [0.1, 0.15) is 0 Å². The molecule has 0 aliphatic heterocycles. The van der Waals surface area contributed by atoms with Crippen LogP contribution in [-0.2, 0) is 4.79 Å². The van der Waals surface area contributed by atoms with E-state index in [1.165, 1.54) is 25.7 Å². The zero-order valence-electron chi connectivity index (χ0n) is 11.6. The molecule has 106 valence electrons. The third-order valence-electron chi connectivity index (χ3n) is 4.90. The van der Waals surface area contributed by atoms with E-state index in [2.05, 4.69) is 17.5 Å². The van der Waals surface area contributed by atoms with Gasteiger partial charge in [0.2, 0.25) is 5.91 Å². The Morgan fingerprint density at radius 3 is 2.95 bits per heavy atom. The molecule has 1 aromatic carbocycles. The van der Waals surface area contributed by atoms with Gasteiger partial charge in [-0.15, -0.1) is 0 Å². The first kappa shape index (κ1) is 13.6. The summed E-state index contributed by atoms with van der Waals surface area (Å²) in [5, 5.41) is 4.68. The van der Waals surface area contributed by atoms with Gasteiger partial charge in [-0.2, -0.15) is 5.10 Å². The minimum Gasteiger partial charge on any atom is -0.273 e. The largest absolute Gasteiger partial charge is 0.273 e. The van der Waals surface area contributed by atoms with Crippen molar-refractivity contribution in [3.05, 3.63) is 34.9 Å². The highest BCUT2D eigenvalue weighted by atomic mass is 35.5. The van der Waals surface area contributed by atoms with Crippen LogP contribution < -0.4 is 5.43 Å². The van der Waals surface area contributed by atoms with E-state index in [0.29, 0.717) is 10.9 Å². The summed E-state index contributed by atoms with van der Waals surface area (Å²) >= 11 is 6.03. The first-order chi connectivity index (χ1) is 9.63. The monoisotopic (exact) mass is 290 g/mol. The second-order valence-corrected chi connectivity index (χ2v) is 6.50. The molecule has 2 aliphatic rings. The van der Waals surface area contributed by atoms with Gasteiger partial charge < -0.3 is 0 Å². The third-order valence-corrected chi connectivity index (χ3v) is 5.24. The Labute approximate surface area is 124 Å². The number of carbonyl (C=O) groups is 1. The minimum absolute atomic E-state index is 0.0581. The molecule has 20 heavy (non-hydrogen) atoms. The van der Waals surface area contributed by atoms with Gasteiger partial charge in [0.15, 0.2) is 0 Å². The molecule has 1 amide bonds. The van der Waals surface area contributed by atoms with E-state index in [1.54, 1.807) is 12.3 Å². The fourth-order valence-corrected chi connectivity index (χ4v) is 3.85. The van der Waals surface area contributed by atoms with E-state index in [1.807, 2.05) is 18.2 Å². The quantitative estimate of drug-likeness (QED) is 0.670. The fraction of sp³-hybridized carbons (Fsp3) is 0.500. The van der Waals surface area contributed by atoms with Gasteiger partial charge in [0.05, 0.1) is 6.21 Å². The number of hydrogen-bond donors (Lipinski definition) is 1. The van der Waals surface area contributed by atoms with Crippen LogP contribution in [0.2, 0.25) is 5.02 Å². The van der Waals surface area contributed by atoms with E-state index in [9.17, 15) is 4.79 Å². The maximum Gasteiger partial charge on any atom is 0.244 e. The number of amides is 1. The number of nitrogens with one attached hydrogen (secondary N) is 1. The smallest absolute Gasteiger partial charge is 0.244 e. The maximum absolute atomic E-state index is 12.2. The Balaban J connectivity index is 1.60. The van der Waals surface area contributed by atoms with Crippen molar-refractivity contribution in [2.45, 2.75) is 32.6 Å². The number of carbonyl (C=O) groups excluding carboxylic acids is 1. The van der Waals surface area contributed by atoms with Gasteiger partial charge in [-0.25, -0.2) is 5.43 Å². The Morgan fingerprint density at radius 1 is 1.45 bits per heavy atom. The van der Waals surface area contributed by atoms with Gasteiger partial charge in [0, 0.05) is 16.5 Å². The van der Waals surface area contributed by atoms with Crippen LogP contribution in [0.25, 0.3) is 0 Å². The van der Waals surface area contributed by atoms with Gasteiger partial charge >= 0.3 is 0 Å². The summed E-state index contributed by atoms with van der Waals surface area (Å²) in [6, 6.07) is 7.44. The van der Waals surface area contributed by atoms with Crippen LogP contribution >= 0.6 is 11.6 Å². The van der Waals surface area contributed by atoms with E-state index in [0.717, 1.165) is 5.56 Å².